The summed E-state index contributed by atoms with van der Waals surface area (Å²) in [6.45, 7) is 0.294. The van der Waals surface area contributed by atoms with Gasteiger partial charge < -0.3 is 5.32 Å². The maximum absolute atomic E-state index is 13.1. The van der Waals surface area contributed by atoms with Gasteiger partial charge in [-0.3, -0.25) is 4.79 Å². The highest BCUT2D eigenvalue weighted by atomic mass is 32.2. The van der Waals surface area contributed by atoms with Crippen molar-refractivity contribution in [1.82, 2.24) is 4.31 Å². The Hall–Kier alpha value is -2.75. The third-order valence-corrected chi connectivity index (χ3v) is 8.98. The molecule has 32 heavy (non-hydrogen) atoms. The first kappa shape index (κ1) is 22.4. The highest BCUT2D eigenvalue weighted by Crippen LogP contribution is 2.29. The van der Waals surface area contributed by atoms with Gasteiger partial charge in [-0.1, -0.05) is 48.5 Å². The molecule has 0 spiro atoms. The van der Waals surface area contributed by atoms with Crippen molar-refractivity contribution in [3.05, 3.63) is 66.7 Å². The van der Waals surface area contributed by atoms with Crippen molar-refractivity contribution in [2.45, 2.75) is 22.6 Å². The second-order valence-electron chi connectivity index (χ2n) is 7.91. The van der Waals surface area contributed by atoms with Crippen molar-refractivity contribution in [3.8, 4) is 0 Å². The van der Waals surface area contributed by atoms with Crippen LogP contribution in [0.4, 0.5) is 5.69 Å². The monoisotopic (exact) mass is 472 g/mol. The molecule has 1 N–H and O–H groups in total. The average molecular weight is 473 g/mol. The molecule has 0 radical (unpaired) electrons. The Balaban J connectivity index is 1.48. The number of sulfone groups is 1. The van der Waals surface area contributed by atoms with E-state index in [1.165, 1.54) is 28.6 Å². The van der Waals surface area contributed by atoms with Gasteiger partial charge in [-0.15, -0.1) is 0 Å². The van der Waals surface area contributed by atoms with Gasteiger partial charge in [-0.2, -0.15) is 4.31 Å². The SMILES string of the molecule is CS(=O)(=O)c1ccccc1S(=O)(=O)N1CCC(C(=O)Nc2cccc3ccccc23)CC1. The van der Waals surface area contributed by atoms with Crippen LogP contribution in [-0.2, 0) is 24.7 Å². The molecule has 1 fully saturated rings. The van der Waals surface area contributed by atoms with Crippen LogP contribution in [0.15, 0.2) is 76.5 Å². The number of rotatable bonds is 5. The zero-order valence-electron chi connectivity index (χ0n) is 17.6. The van der Waals surface area contributed by atoms with Crippen molar-refractivity contribution in [3.63, 3.8) is 0 Å². The smallest absolute Gasteiger partial charge is 0.244 e. The molecule has 3 aromatic rings. The lowest BCUT2D eigenvalue weighted by atomic mass is 9.97. The molecule has 4 rings (SSSR count). The molecule has 0 aromatic heterocycles. The number of nitrogens with one attached hydrogen (secondary N) is 1. The number of carbonyl (C=O) groups excluding carboxylic acids is 1. The van der Waals surface area contributed by atoms with Crippen LogP contribution in [0.1, 0.15) is 12.8 Å². The zero-order valence-corrected chi connectivity index (χ0v) is 19.2. The van der Waals surface area contributed by atoms with Crippen molar-refractivity contribution in [1.29, 1.82) is 0 Å². The highest BCUT2D eigenvalue weighted by Gasteiger charge is 2.34. The molecular formula is C23H24N2O5S2. The van der Waals surface area contributed by atoms with Crippen LogP contribution in [0.3, 0.4) is 0 Å². The molecule has 1 amide bonds. The standard InChI is InChI=1S/C23H24N2O5S2/c1-31(27,28)21-11-4-5-12-22(21)32(29,30)25-15-13-18(14-16-25)23(26)24-20-10-6-8-17-7-2-3-9-19(17)20/h2-12,18H,13-16H2,1H3,(H,24,26). The highest BCUT2D eigenvalue weighted by molar-refractivity contribution is 7.93. The van der Waals surface area contributed by atoms with E-state index >= 15 is 0 Å². The number of sulfonamides is 1. The number of carbonyl (C=O) groups is 1. The Morgan fingerprint density at radius 1 is 0.844 bits per heavy atom. The van der Waals surface area contributed by atoms with Gasteiger partial charge in [0.1, 0.15) is 4.90 Å². The molecule has 0 aliphatic carbocycles. The fourth-order valence-corrected chi connectivity index (χ4v) is 7.11. The van der Waals surface area contributed by atoms with Crippen LogP contribution in [0.5, 0.6) is 0 Å². The Bertz CT molecular complexity index is 1370. The molecule has 1 saturated heterocycles. The molecule has 0 unspecified atom stereocenters. The lowest BCUT2D eigenvalue weighted by Gasteiger charge is -2.31. The number of hydrogen-bond acceptors (Lipinski definition) is 5. The largest absolute Gasteiger partial charge is 0.325 e. The quantitative estimate of drug-likeness (QED) is 0.614. The van der Waals surface area contributed by atoms with Gasteiger partial charge in [0, 0.05) is 36.3 Å². The van der Waals surface area contributed by atoms with Crippen molar-refractivity contribution >= 4 is 42.2 Å². The van der Waals surface area contributed by atoms with E-state index in [0.717, 1.165) is 22.7 Å². The molecule has 3 aromatic carbocycles. The summed E-state index contributed by atoms with van der Waals surface area (Å²) in [5.74, 6) is -0.472. The third kappa shape index (κ3) is 4.41. The van der Waals surface area contributed by atoms with Crippen LogP contribution in [-0.4, -0.2) is 46.4 Å². The number of benzene rings is 3. The van der Waals surface area contributed by atoms with Crippen LogP contribution in [0, 0.1) is 5.92 Å². The van der Waals surface area contributed by atoms with E-state index in [-0.39, 0.29) is 34.7 Å². The molecule has 168 valence electrons. The fourth-order valence-electron chi connectivity index (χ4n) is 4.04. The molecule has 7 nitrogen and oxygen atoms in total. The zero-order chi connectivity index (χ0) is 22.9. The van der Waals surface area contributed by atoms with Gasteiger partial charge >= 0.3 is 0 Å². The maximum atomic E-state index is 13.1. The molecule has 1 heterocycles. The average Bonchev–Trinajstić information content (AvgIpc) is 2.79. The predicted octanol–water partition coefficient (Wildman–Crippen LogP) is 3.28. The minimum absolute atomic E-state index is 0.144. The second kappa shape index (κ2) is 8.65. The Morgan fingerprint density at radius 3 is 2.12 bits per heavy atom. The number of piperidine rings is 1. The molecule has 0 bridgehead atoms. The number of amides is 1. The summed E-state index contributed by atoms with van der Waals surface area (Å²) in [7, 11) is -7.69. The fraction of sp³-hybridized carbons (Fsp3) is 0.261. The summed E-state index contributed by atoms with van der Waals surface area (Å²) in [5.41, 5.74) is 0.727. The summed E-state index contributed by atoms with van der Waals surface area (Å²) in [6, 6.07) is 19.1. The minimum Gasteiger partial charge on any atom is -0.325 e. The first-order valence-corrected chi connectivity index (χ1v) is 13.6. The third-order valence-electron chi connectivity index (χ3n) is 5.74. The van der Waals surface area contributed by atoms with Gasteiger partial charge in [-0.25, -0.2) is 16.8 Å². The van der Waals surface area contributed by atoms with Gasteiger partial charge in [0.25, 0.3) is 0 Å². The van der Waals surface area contributed by atoms with E-state index in [9.17, 15) is 21.6 Å². The van der Waals surface area contributed by atoms with E-state index in [0.29, 0.717) is 12.8 Å². The Kier molecular flexibility index (Phi) is 6.07. The van der Waals surface area contributed by atoms with Gasteiger partial charge in [-0.05, 0) is 36.4 Å². The molecular weight excluding hydrogens is 448 g/mol. The summed E-state index contributed by atoms with van der Waals surface area (Å²) in [6.07, 6.45) is 1.71. The molecule has 1 aliphatic rings. The van der Waals surface area contributed by atoms with E-state index in [4.69, 9.17) is 0 Å². The topological polar surface area (TPSA) is 101 Å². The Labute approximate surface area is 188 Å². The van der Waals surface area contributed by atoms with Gasteiger partial charge in [0.2, 0.25) is 15.9 Å². The molecule has 0 atom stereocenters. The summed E-state index contributed by atoms with van der Waals surface area (Å²) in [5, 5.41) is 4.95. The Morgan fingerprint density at radius 2 is 1.44 bits per heavy atom. The molecule has 1 aliphatic heterocycles. The first-order chi connectivity index (χ1) is 15.2. The van der Waals surface area contributed by atoms with Gasteiger partial charge in [0.05, 0.1) is 4.90 Å². The van der Waals surface area contributed by atoms with Crippen LogP contribution in [0.2, 0.25) is 0 Å². The van der Waals surface area contributed by atoms with Crippen LogP contribution < -0.4 is 5.32 Å². The van der Waals surface area contributed by atoms with Crippen molar-refractivity contribution in [2.75, 3.05) is 24.7 Å². The molecule has 9 heteroatoms. The lowest BCUT2D eigenvalue weighted by molar-refractivity contribution is -0.120. The van der Waals surface area contributed by atoms with Crippen LogP contribution >= 0.6 is 0 Å². The number of hydrogen-bond donors (Lipinski definition) is 1. The predicted molar refractivity (Wildman–Crippen MR) is 124 cm³/mol. The number of fused-ring (bicyclic) bond motifs is 1. The van der Waals surface area contributed by atoms with E-state index in [2.05, 4.69) is 5.32 Å². The summed E-state index contributed by atoms with van der Waals surface area (Å²) >= 11 is 0. The lowest BCUT2D eigenvalue weighted by Crippen LogP contribution is -2.41. The first-order valence-electron chi connectivity index (χ1n) is 10.3. The van der Waals surface area contributed by atoms with E-state index in [1.807, 2.05) is 42.5 Å². The summed E-state index contributed by atoms with van der Waals surface area (Å²) < 4.78 is 51.6. The van der Waals surface area contributed by atoms with Gasteiger partial charge in [0.15, 0.2) is 9.84 Å². The van der Waals surface area contributed by atoms with Crippen molar-refractivity contribution in [2.24, 2.45) is 5.92 Å². The van der Waals surface area contributed by atoms with Crippen LogP contribution in [0.25, 0.3) is 10.8 Å². The maximum Gasteiger partial charge on any atom is 0.244 e. The van der Waals surface area contributed by atoms with E-state index < -0.39 is 19.9 Å². The second-order valence-corrected chi connectivity index (χ2v) is 11.8. The number of anilines is 1. The number of nitrogens with zero attached hydrogens (tertiary/aromatic N) is 1. The minimum atomic E-state index is -3.99. The molecule has 0 saturated carbocycles. The summed E-state index contributed by atoms with van der Waals surface area (Å²) in [4.78, 5) is 12.4. The van der Waals surface area contributed by atoms with Crippen molar-refractivity contribution < 1.29 is 21.6 Å². The van der Waals surface area contributed by atoms with E-state index in [1.54, 1.807) is 0 Å². The normalized spacial score (nSPS) is 16.2.